The highest BCUT2D eigenvalue weighted by Crippen LogP contribution is 2.41. The van der Waals surface area contributed by atoms with Gasteiger partial charge >= 0.3 is 0 Å². The molecule has 2 rings (SSSR count). The van der Waals surface area contributed by atoms with E-state index in [-0.39, 0.29) is 5.75 Å². The van der Waals surface area contributed by atoms with Crippen LogP contribution >= 0.6 is 22.0 Å². The lowest BCUT2D eigenvalue weighted by molar-refractivity contribution is 0.609. The zero-order valence-corrected chi connectivity index (χ0v) is 9.83. The van der Waals surface area contributed by atoms with Crippen LogP contribution in [0.4, 0.5) is 0 Å². The smallest absolute Gasteiger partial charge is 0.232 e. The number of rotatable bonds is 4. The molecule has 1 aliphatic rings. The van der Waals surface area contributed by atoms with Crippen LogP contribution < -0.4 is 0 Å². The van der Waals surface area contributed by atoms with Crippen LogP contribution in [0.5, 0.6) is 0 Å². The molecule has 14 heavy (non-hydrogen) atoms. The summed E-state index contributed by atoms with van der Waals surface area (Å²) in [4.78, 5) is 5.34. The summed E-state index contributed by atoms with van der Waals surface area (Å²) in [6.45, 7) is 0. The monoisotopic (exact) mass is 251 g/mol. The number of nitrogens with zero attached hydrogens (tertiary/aromatic N) is 1. The molecule has 0 radical (unpaired) electrons. The molecule has 0 saturated heterocycles. The third-order valence-electron chi connectivity index (χ3n) is 2.21. The summed E-state index contributed by atoms with van der Waals surface area (Å²) in [5.41, 5.74) is 2.87. The average Bonchev–Trinajstić information content (AvgIpc) is 2.81. The summed E-state index contributed by atoms with van der Waals surface area (Å²) in [5, 5.41) is 0. The van der Waals surface area contributed by atoms with Gasteiger partial charge < -0.3 is 0 Å². The van der Waals surface area contributed by atoms with Crippen molar-refractivity contribution in [1.82, 2.24) is 4.98 Å². The minimum absolute atomic E-state index is 0.0104. The first-order valence-corrected chi connectivity index (χ1v) is 7.76. The van der Waals surface area contributed by atoms with Gasteiger partial charge in [-0.15, -0.1) is 11.3 Å². The molecule has 1 aliphatic carbocycles. The van der Waals surface area contributed by atoms with E-state index in [4.69, 9.17) is 10.7 Å². The van der Waals surface area contributed by atoms with E-state index in [2.05, 4.69) is 4.98 Å². The summed E-state index contributed by atoms with van der Waals surface area (Å²) >= 11 is 1.52. The predicted octanol–water partition coefficient (Wildman–Crippen LogP) is 2.13. The second kappa shape index (κ2) is 3.79. The molecule has 6 heteroatoms. The van der Waals surface area contributed by atoms with Crippen LogP contribution in [-0.4, -0.2) is 19.2 Å². The van der Waals surface area contributed by atoms with Crippen LogP contribution in [0.2, 0.25) is 0 Å². The SMILES string of the molecule is O=S(=O)(Cl)CCc1scnc1C1CC1. The van der Waals surface area contributed by atoms with Crippen molar-refractivity contribution in [2.45, 2.75) is 25.2 Å². The lowest BCUT2D eigenvalue weighted by Crippen LogP contribution is -2.01. The summed E-state index contributed by atoms with van der Waals surface area (Å²) in [5.74, 6) is 0.588. The molecule has 0 N–H and O–H groups in total. The lowest BCUT2D eigenvalue weighted by atomic mass is 10.2. The Bertz CT molecular complexity index is 422. The summed E-state index contributed by atoms with van der Waals surface area (Å²) in [6.07, 6.45) is 2.87. The Morgan fingerprint density at radius 1 is 1.57 bits per heavy atom. The zero-order valence-electron chi connectivity index (χ0n) is 7.44. The van der Waals surface area contributed by atoms with Gasteiger partial charge in [0.25, 0.3) is 0 Å². The summed E-state index contributed by atoms with van der Waals surface area (Å²) in [7, 11) is 1.78. The molecule has 78 valence electrons. The van der Waals surface area contributed by atoms with Gasteiger partial charge in [0.1, 0.15) is 0 Å². The standard InChI is InChI=1S/C8H10ClNO2S2/c9-14(11,12)4-3-7-8(6-1-2-6)10-5-13-7/h5-6H,1-4H2. The summed E-state index contributed by atoms with van der Waals surface area (Å²) in [6, 6.07) is 0. The maximum atomic E-state index is 10.8. The van der Waals surface area contributed by atoms with Gasteiger partial charge in [0.05, 0.1) is 17.0 Å². The van der Waals surface area contributed by atoms with Gasteiger partial charge in [-0.05, 0) is 19.3 Å². The van der Waals surface area contributed by atoms with Crippen LogP contribution in [-0.2, 0) is 15.5 Å². The topological polar surface area (TPSA) is 47.0 Å². The number of hydrogen-bond acceptors (Lipinski definition) is 4. The van der Waals surface area contributed by atoms with E-state index in [9.17, 15) is 8.42 Å². The first kappa shape index (κ1) is 10.4. The molecule has 1 heterocycles. The zero-order chi connectivity index (χ0) is 10.2. The predicted molar refractivity (Wildman–Crippen MR) is 57.4 cm³/mol. The molecule has 0 amide bonds. The van der Waals surface area contributed by atoms with Gasteiger partial charge in [-0.25, -0.2) is 13.4 Å². The van der Waals surface area contributed by atoms with Crippen LogP contribution in [0.3, 0.4) is 0 Å². The molecule has 1 aromatic rings. The second-order valence-electron chi connectivity index (χ2n) is 3.43. The molecular weight excluding hydrogens is 242 g/mol. The highest BCUT2D eigenvalue weighted by Gasteiger charge is 2.28. The van der Waals surface area contributed by atoms with Gasteiger partial charge in [0.15, 0.2) is 0 Å². The molecule has 1 fully saturated rings. The summed E-state index contributed by atoms with van der Waals surface area (Å²) < 4.78 is 21.5. The number of thiazole rings is 1. The molecule has 1 saturated carbocycles. The van der Waals surface area contributed by atoms with Crippen molar-refractivity contribution >= 4 is 31.1 Å². The first-order chi connectivity index (χ1) is 6.56. The molecule has 1 aromatic heterocycles. The van der Waals surface area contributed by atoms with E-state index in [1.54, 1.807) is 5.51 Å². The second-order valence-corrected chi connectivity index (χ2v) is 7.26. The molecule has 0 unspecified atom stereocenters. The Labute approximate surface area is 91.5 Å². The third-order valence-corrected chi connectivity index (χ3v) is 4.27. The maximum absolute atomic E-state index is 10.8. The molecule has 0 aromatic carbocycles. The fourth-order valence-corrected chi connectivity index (χ4v) is 3.03. The van der Waals surface area contributed by atoms with E-state index < -0.39 is 9.05 Å². The Kier molecular flexibility index (Phi) is 2.81. The van der Waals surface area contributed by atoms with Gasteiger partial charge in [-0.1, -0.05) is 0 Å². The van der Waals surface area contributed by atoms with Crippen LogP contribution in [0.15, 0.2) is 5.51 Å². The number of halogens is 1. The fraction of sp³-hybridized carbons (Fsp3) is 0.625. The van der Waals surface area contributed by atoms with Crippen LogP contribution in [0.25, 0.3) is 0 Å². The van der Waals surface area contributed by atoms with Crippen LogP contribution in [0, 0.1) is 0 Å². The van der Waals surface area contributed by atoms with E-state index >= 15 is 0 Å². The molecule has 0 atom stereocenters. The van der Waals surface area contributed by atoms with Crippen LogP contribution in [0.1, 0.15) is 29.3 Å². The molecule has 0 bridgehead atoms. The van der Waals surface area contributed by atoms with E-state index in [1.165, 1.54) is 24.2 Å². The quantitative estimate of drug-likeness (QED) is 0.771. The number of aromatic nitrogens is 1. The van der Waals surface area contributed by atoms with Gasteiger partial charge in [-0.3, -0.25) is 0 Å². The Morgan fingerprint density at radius 2 is 2.29 bits per heavy atom. The molecule has 3 nitrogen and oxygen atoms in total. The van der Waals surface area contributed by atoms with Crippen molar-refractivity contribution in [3.63, 3.8) is 0 Å². The minimum Gasteiger partial charge on any atom is -0.249 e. The highest BCUT2D eigenvalue weighted by atomic mass is 35.7. The van der Waals surface area contributed by atoms with Gasteiger partial charge in [0, 0.05) is 21.5 Å². The van der Waals surface area contributed by atoms with Gasteiger partial charge in [-0.2, -0.15) is 0 Å². The third kappa shape index (κ3) is 2.68. The van der Waals surface area contributed by atoms with Crippen molar-refractivity contribution in [3.05, 3.63) is 16.1 Å². The van der Waals surface area contributed by atoms with Crippen molar-refractivity contribution in [2.24, 2.45) is 0 Å². The van der Waals surface area contributed by atoms with Crippen molar-refractivity contribution in [3.8, 4) is 0 Å². The normalized spacial score (nSPS) is 17.2. The highest BCUT2D eigenvalue weighted by molar-refractivity contribution is 8.13. The van der Waals surface area contributed by atoms with Crippen molar-refractivity contribution in [2.75, 3.05) is 5.75 Å². The molecule has 0 aliphatic heterocycles. The number of aryl methyl sites for hydroxylation is 1. The Balaban J connectivity index is 2.05. The molecule has 0 spiro atoms. The van der Waals surface area contributed by atoms with E-state index in [0.717, 1.165) is 10.6 Å². The average molecular weight is 252 g/mol. The maximum Gasteiger partial charge on any atom is 0.232 e. The van der Waals surface area contributed by atoms with Crippen molar-refractivity contribution in [1.29, 1.82) is 0 Å². The number of hydrogen-bond donors (Lipinski definition) is 0. The Hall–Kier alpha value is -0.130. The molecular formula is C8H10ClNO2S2. The first-order valence-electron chi connectivity index (χ1n) is 4.41. The Morgan fingerprint density at radius 3 is 2.86 bits per heavy atom. The largest absolute Gasteiger partial charge is 0.249 e. The lowest BCUT2D eigenvalue weighted by Gasteiger charge is -1.98. The van der Waals surface area contributed by atoms with E-state index in [1.807, 2.05) is 0 Å². The van der Waals surface area contributed by atoms with Gasteiger partial charge in [0.2, 0.25) is 9.05 Å². The van der Waals surface area contributed by atoms with E-state index in [0.29, 0.717) is 12.3 Å². The minimum atomic E-state index is -3.37. The van der Waals surface area contributed by atoms with Crippen molar-refractivity contribution < 1.29 is 8.42 Å². The fourth-order valence-electron chi connectivity index (χ4n) is 1.37.